The lowest BCUT2D eigenvalue weighted by Gasteiger charge is -2.11. The molecule has 0 aliphatic carbocycles. The molecule has 0 aliphatic rings. The molecule has 0 saturated heterocycles. The predicted octanol–water partition coefficient (Wildman–Crippen LogP) is 2.84. The van der Waals surface area contributed by atoms with E-state index in [1.54, 1.807) is 6.07 Å². The van der Waals surface area contributed by atoms with Crippen molar-refractivity contribution in [2.75, 3.05) is 7.11 Å². The molecule has 0 aromatic heterocycles. The lowest BCUT2D eigenvalue weighted by Crippen LogP contribution is -2.38. The second-order valence-corrected chi connectivity index (χ2v) is 5.32. The maximum atomic E-state index is 12.6. The van der Waals surface area contributed by atoms with Gasteiger partial charge in [-0.2, -0.15) is 0 Å². The standard InChI is InChI=1S/C17H12ClNO6/c1-25-17(22)12-9-5-8-11(13(12)18)16(21)14(19(23)24)15(20)10-6-3-2-4-7-10/h2-9,14H,1H3. The summed E-state index contributed by atoms with van der Waals surface area (Å²) in [5.74, 6) is -2.86. The highest BCUT2D eigenvalue weighted by Gasteiger charge is 2.40. The van der Waals surface area contributed by atoms with Gasteiger partial charge >= 0.3 is 12.0 Å². The molecule has 0 aliphatic heterocycles. The van der Waals surface area contributed by atoms with Crippen LogP contribution in [0.1, 0.15) is 31.1 Å². The van der Waals surface area contributed by atoms with Crippen LogP contribution in [0, 0.1) is 10.1 Å². The Morgan fingerprint density at radius 2 is 1.60 bits per heavy atom. The van der Waals surface area contributed by atoms with E-state index < -0.39 is 28.5 Å². The summed E-state index contributed by atoms with van der Waals surface area (Å²) in [7, 11) is 1.13. The fourth-order valence-corrected chi connectivity index (χ4v) is 2.50. The first-order valence-corrected chi connectivity index (χ1v) is 7.40. The summed E-state index contributed by atoms with van der Waals surface area (Å²) in [6, 6.07) is 9.13. The van der Waals surface area contributed by atoms with E-state index in [9.17, 15) is 24.5 Å². The van der Waals surface area contributed by atoms with Crippen molar-refractivity contribution in [2.24, 2.45) is 0 Å². The zero-order valence-corrected chi connectivity index (χ0v) is 13.7. The van der Waals surface area contributed by atoms with Crippen molar-refractivity contribution in [2.45, 2.75) is 6.04 Å². The van der Waals surface area contributed by atoms with Gasteiger partial charge in [-0.15, -0.1) is 0 Å². The Morgan fingerprint density at radius 1 is 1.00 bits per heavy atom. The molecule has 0 saturated carbocycles. The Balaban J connectivity index is 2.48. The molecule has 0 spiro atoms. The van der Waals surface area contributed by atoms with Crippen LogP contribution in [0.15, 0.2) is 48.5 Å². The number of hydrogen-bond donors (Lipinski definition) is 0. The van der Waals surface area contributed by atoms with Gasteiger partial charge < -0.3 is 4.74 Å². The molecule has 0 N–H and O–H groups in total. The van der Waals surface area contributed by atoms with Gasteiger partial charge in [-0.1, -0.05) is 48.0 Å². The highest BCUT2D eigenvalue weighted by Crippen LogP contribution is 2.24. The summed E-state index contributed by atoms with van der Waals surface area (Å²) in [5, 5.41) is 11.0. The minimum absolute atomic E-state index is 0.0257. The first kappa shape index (κ1) is 18.3. The summed E-state index contributed by atoms with van der Waals surface area (Å²) in [5.41, 5.74) is -0.391. The number of rotatable bonds is 6. The molecule has 8 heteroatoms. The highest BCUT2D eigenvalue weighted by atomic mass is 35.5. The summed E-state index contributed by atoms with van der Waals surface area (Å²) < 4.78 is 4.54. The second-order valence-electron chi connectivity index (χ2n) is 4.94. The summed E-state index contributed by atoms with van der Waals surface area (Å²) >= 11 is 6.02. The third-order valence-electron chi connectivity index (χ3n) is 3.44. The van der Waals surface area contributed by atoms with E-state index >= 15 is 0 Å². The molecular formula is C17H12ClNO6. The van der Waals surface area contributed by atoms with Gasteiger partial charge in [0.25, 0.3) is 0 Å². The van der Waals surface area contributed by atoms with Gasteiger partial charge in [0, 0.05) is 16.1 Å². The summed E-state index contributed by atoms with van der Waals surface area (Å²) in [6.45, 7) is 0. The van der Waals surface area contributed by atoms with Crippen LogP contribution in [0.2, 0.25) is 5.02 Å². The average molecular weight is 362 g/mol. The van der Waals surface area contributed by atoms with Gasteiger partial charge in [-0.05, 0) is 12.1 Å². The van der Waals surface area contributed by atoms with E-state index in [1.807, 2.05) is 0 Å². The number of nitrogens with zero attached hydrogens (tertiary/aromatic N) is 1. The van der Waals surface area contributed by atoms with Crippen LogP contribution >= 0.6 is 11.6 Å². The Kier molecular flexibility index (Phi) is 5.61. The SMILES string of the molecule is COC(=O)c1cccc(C(=O)C(C(=O)c2ccccc2)[N+](=O)[O-])c1Cl. The van der Waals surface area contributed by atoms with Crippen LogP contribution < -0.4 is 0 Å². The molecular weight excluding hydrogens is 350 g/mol. The molecule has 0 fully saturated rings. The molecule has 25 heavy (non-hydrogen) atoms. The summed E-state index contributed by atoms with van der Waals surface area (Å²) in [6.07, 6.45) is 0. The van der Waals surface area contributed by atoms with Crippen LogP contribution in [0.5, 0.6) is 0 Å². The molecule has 1 unspecified atom stereocenters. The largest absolute Gasteiger partial charge is 0.465 e. The van der Waals surface area contributed by atoms with Gasteiger partial charge in [0.15, 0.2) is 0 Å². The number of hydrogen-bond acceptors (Lipinski definition) is 6. The zero-order valence-electron chi connectivity index (χ0n) is 13.0. The van der Waals surface area contributed by atoms with Crippen molar-refractivity contribution < 1.29 is 24.0 Å². The van der Waals surface area contributed by atoms with Gasteiger partial charge in [-0.3, -0.25) is 19.7 Å². The fourth-order valence-electron chi connectivity index (χ4n) is 2.21. The molecule has 2 aromatic carbocycles. The van der Waals surface area contributed by atoms with Crippen molar-refractivity contribution in [1.29, 1.82) is 0 Å². The van der Waals surface area contributed by atoms with Crippen LogP contribution in [-0.2, 0) is 4.74 Å². The maximum absolute atomic E-state index is 12.6. The minimum Gasteiger partial charge on any atom is -0.465 e. The Hall–Kier alpha value is -3.06. The Bertz CT molecular complexity index is 849. The number of carbonyl (C=O) groups excluding carboxylic acids is 3. The normalized spacial score (nSPS) is 11.4. The number of carbonyl (C=O) groups is 3. The number of Topliss-reactive ketones (excluding diaryl/α,β-unsaturated/α-hetero) is 2. The topological polar surface area (TPSA) is 104 Å². The lowest BCUT2D eigenvalue weighted by atomic mass is 9.95. The van der Waals surface area contributed by atoms with E-state index in [2.05, 4.69) is 4.74 Å². The number of ketones is 2. The van der Waals surface area contributed by atoms with Crippen molar-refractivity contribution in [3.8, 4) is 0 Å². The molecule has 0 amide bonds. The number of benzene rings is 2. The quantitative estimate of drug-likeness (QED) is 0.257. The fraction of sp³-hybridized carbons (Fsp3) is 0.118. The molecule has 128 valence electrons. The first-order valence-electron chi connectivity index (χ1n) is 7.02. The zero-order chi connectivity index (χ0) is 18.6. The van der Waals surface area contributed by atoms with E-state index in [-0.39, 0.29) is 21.7 Å². The van der Waals surface area contributed by atoms with Gasteiger partial charge in [0.1, 0.15) is 0 Å². The van der Waals surface area contributed by atoms with E-state index in [4.69, 9.17) is 11.6 Å². The summed E-state index contributed by atoms with van der Waals surface area (Å²) in [4.78, 5) is 47.0. The van der Waals surface area contributed by atoms with E-state index in [0.717, 1.165) is 7.11 Å². The smallest absolute Gasteiger partial charge is 0.339 e. The number of methoxy groups -OCH3 is 1. The van der Waals surface area contributed by atoms with E-state index in [1.165, 1.54) is 42.5 Å². The second kappa shape index (κ2) is 7.67. The van der Waals surface area contributed by atoms with Crippen molar-refractivity contribution in [3.05, 3.63) is 80.4 Å². The van der Waals surface area contributed by atoms with Crippen molar-refractivity contribution in [3.63, 3.8) is 0 Å². The molecule has 0 radical (unpaired) electrons. The lowest BCUT2D eigenvalue weighted by molar-refractivity contribution is -0.488. The highest BCUT2D eigenvalue weighted by molar-refractivity contribution is 6.37. The van der Waals surface area contributed by atoms with Gasteiger partial charge in [-0.25, -0.2) is 4.79 Å². The van der Waals surface area contributed by atoms with Gasteiger partial charge in [0.2, 0.25) is 11.6 Å². The molecule has 7 nitrogen and oxygen atoms in total. The van der Waals surface area contributed by atoms with Crippen LogP contribution in [0.25, 0.3) is 0 Å². The van der Waals surface area contributed by atoms with Gasteiger partial charge in [0.05, 0.1) is 17.7 Å². The average Bonchev–Trinajstić information content (AvgIpc) is 2.61. The molecule has 2 rings (SSSR count). The maximum Gasteiger partial charge on any atom is 0.339 e. The third-order valence-corrected chi connectivity index (χ3v) is 3.84. The molecule has 1 atom stereocenters. The van der Waals surface area contributed by atoms with Crippen LogP contribution in [0.4, 0.5) is 0 Å². The monoisotopic (exact) mass is 361 g/mol. The molecule has 0 bridgehead atoms. The predicted molar refractivity (Wildman–Crippen MR) is 88.7 cm³/mol. The van der Waals surface area contributed by atoms with E-state index in [0.29, 0.717) is 0 Å². The van der Waals surface area contributed by atoms with Crippen LogP contribution in [0.3, 0.4) is 0 Å². The molecule has 2 aromatic rings. The Morgan fingerprint density at radius 3 is 2.16 bits per heavy atom. The molecule has 0 heterocycles. The van der Waals surface area contributed by atoms with Crippen LogP contribution in [-0.4, -0.2) is 35.6 Å². The number of halogens is 1. The van der Waals surface area contributed by atoms with Crippen molar-refractivity contribution >= 4 is 29.1 Å². The minimum atomic E-state index is -2.16. The number of esters is 1. The number of ether oxygens (including phenoxy) is 1. The third kappa shape index (κ3) is 3.72. The first-order chi connectivity index (χ1) is 11.9. The number of nitro groups is 1. The van der Waals surface area contributed by atoms with Crippen molar-refractivity contribution in [1.82, 2.24) is 0 Å². The Labute approximate surface area is 147 Å².